The van der Waals surface area contributed by atoms with E-state index in [1.54, 1.807) is 6.92 Å². The molecule has 0 spiro atoms. The lowest BCUT2D eigenvalue weighted by molar-refractivity contribution is -0.274. The SMILES string of the molecule is COC[C@]1(C)Nc2c(cnc3[nH]cc(C(=O)c4ccc(OC(F)(F)F)cc4Cl)c23)NC1=O. The van der Waals surface area contributed by atoms with Gasteiger partial charge in [-0.1, -0.05) is 11.6 Å². The van der Waals surface area contributed by atoms with Crippen LogP contribution in [0, 0.1) is 0 Å². The van der Waals surface area contributed by atoms with Crippen molar-refractivity contribution in [3.05, 3.63) is 46.7 Å². The van der Waals surface area contributed by atoms with Crippen LogP contribution in [0.2, 0.25) is 5.02 Å². The average Bonchev–Trinajstić information content (AvgIpc) is 3.12. The van der Waals surface area contributed by atoms with Crippen molar-refractivity contribution in [2.24, 2.45) is 0 Å². The molecule has 0 saturated heterocycles. The third kappa shape index (κ3) is 3.84. The molecule has 0 saturated carbocycles. The second kappa shape index (κ2) is 7.68. The minimum Gasteiger partial charge on any atom is -0.406 e. The molecule has 0 bridgehead atoms. The minimum absolute atomic E-state index is 0.0285. The smallest absolute Gasteiger partial charge is 0.406 e. The van der Waals surface area contributed by atoms with Gasteiger partial charge >= 0.3 is 6.36 Å². The summed E-state index contributed by atoms with van der Waals surface area (Å²) in [6, 6.07) is 3.07. The normalized spacial score (nSPS) is 18.1. The summed E-state index contributed by atoms with van der Waals surface area (Å²) in [5.41, 5.74) is 0.209. The fourth-order valence-electron chi connectivity index (χ4n) is 3.50. The van der Waals surface area contributed by atoms with Gasteiger partial charge in [0.1, 0.15) is 16.9 Å². The zero-order valence-electron chi connectivity index (χ0n) is 16.7. The molecule has 8 nitrogen and oxygen atoms in total. The standard InChI is InChI=1S/C20H16ClF3N4O4/c1-19(8-31-2)18(30)27-13-7-26-17-14(15(13)28-19)11(6-25-17)16(29)10-4-3-9(5-12(10)21)32-20(22,23)24/h3-7,28H,8H2,1-2H3,(H,25,26)(H,27,30)/t19-/m0/s1. The summed E-state index contributed by atoms with van der Waals surface area (Å²) in [6.45, 7) is 1.70. The maximum atomic E-state index is 13.2. The zero-order valence-corrected chi connectivity index (χ0v) is 17.4. The number of ether oxygens (including phenoxy) is 2. The van der Waals surface area contributed by atoms with Crippen molar-refractivity contribution in [1.82, 2.24) is 9.97 Å². The molecular weight excluding hydrogens is 453 g/mol. The van der Waals surface area contributed by atoms with Crippen molar-refractivity contribution in [3.8, 4) is 5.75 Å². The molecule has 1 aliphatic heterocycles. The summed E-state index contributed by atoms with van der Waals surface area (Å²) in [5, 5.41) is 6.04. The first kappa shape index (κ1) is 21.9. The number of ketones is 1. The molecule has 1 aromatic carbocycles. The molecule has 2 aromatic heterocycles. The summed E-state index contributed by atoms with van der Waals surface area (Å²) in [4.78, 5) is 32.8. The molecule has 1 atom stereocenters. The van der Waals surface area contributed by atoms with Gasteiger partial charge in [0.15, 0.2) is 5.78 Å². The summed E-state index contributed by atoms with van der Waals surface area (Å²) < 4.78 is 46.3. The molecule has 4 rings (SSSR count). The molecule has 168 valence electrons. The Labute approximate surface area is 184 Å². The molecule has 0 aliphatic carbocycles. The van der Waals surface area contributed by atoms with E-state index in [-0.39, 0.29) is 28.7 Å². The molecule has 0 unspecified atom stereocenters. The predicted octanol–water partition coefficient (Wildman–Crippen LogP) is 4.12. The van der Waals surface area contributed by atoms with Crippen molar-refractivity contribution in [2.45, 2.75) is 18.8 Å². The molecular formula is C20H16ClF3N4O4. The second-order valence-electron chi connectivity index (χ2n) is 7.34. The van der Waals surface area contributed by atoms with Gasteiger partial charge in [0.25, 0.3) is 5.91 Å². The fourth-order valence-corrected chi connectivity index (χ4v) is 3.76. The fraction of sp³-hybridized carbons (Fsp3) is 0.250. The number of amides is 1. The summed E-state index contributed by atoms with van der Waals surface area (Å²) in [7, 11) is 1.46. The number of rotatable bonds is 5. The third-order valence-corrected chi connectivity index (χ3v) is 5.26. The number of hydrogen-bond acceptors (Lipinski definition) is 6. The van der Waals surface area contributed by atoms with E-state index in [0.717, 1.165) is 18.2 Å². The highest BCUT2D eigenvalue weighted by atomic mass is 35.5. The van der Waals surface area contributed by atoms with E-state index in [2.05, 4.69) is 25.3 Å². The Hall–Kier alpha value is -3.31. The monoisotopic (exact) mass is 468 g/mol. The Bertz CT molecular complexity index is 1240. The Morgan fingerprint density at radius 2 is 2.03 bits per heavy atom. The number of hydrogen-bond donors (Lipinski definition) is 3. The number of anilines is 2. The van der Waals surface area contributed by atoms with Crippen LogP contribution in [0.1, 0.15) is 22.8 Å². The van der Waals surface area contributed by atoms with Crippen LogP contribution in [-0.2, 0) is 9.53 Å². The van der Waals surface area contributed by atoms with Crippen LogP contribution in [0.15, 0.2) is 30.6 Å². The number of carbonyl (C=O) groups excluding carboxylic acids is 2. The number of nitrogens with one attached hydrogen (secondary N) is 3. The lowest BCUT2D eigenvalue weighted by Gasteiger charge is -2.35. The highest BCUT2D eigenvalue weighted by molar-refractivity contribution is 6.36. The average molecular weight is 469 g/mol. The van der Waals surface area contributed by atoms with Gasteiger partial charge in [-0.3, -0.25) is 9.59 Å². The van der Waals surface area contributed by atoms with Crippen LogP contribution >= 0.6 is 11.6 Å². The molecule has 1 amide bonds. The van der Waals surface area contributed by atoms with Crippen LogP contribution in [0.25, 0.3) is 11.0 Å². The number of aromatic amines is 1. The maximum absolute atomic E-state index is 13.2. The van der Waals surface area contributed by atoms with Crippen LogP contribution < -0.4 is 15.4 Å². The number of halogens is 4. The Balaban J connectivity index is 1.77. The van der Waals surface area contributed by atoms with Gasteiger partial charge in [-0.2, -0.15) is 0 Å². The number of H-pyrrole nitrogens is 1. The molecule has 0 fully saturated rings. The Morgan fingerprint density at radius 1 is 1.28 bits per heavy atom. The van der Waals surface area contributed by atoms with Gasteiger partial charge in [-0.05, 0) is 25.1 Å². The van der Waals surface area contributed by atoms with Gasteiger partial charge in [0.2, 0.25) is 0 Å². The number of carbonyl (C=O) groups is 2. The van der Waals surface area contributed by atoms with Gasteiger partial charge in [0.05, 0.1) is 40.2 Å². The number of aromatic nitrogens is 2. The molecule has 3 heterocycles. The van der Waals surface area contributed by atoms with Gasteiger partial charge in [-0.15, -0.1) is 13.2 Å². The molecule has 0 radical (unpaired) electrons. The van der Waals surface area contributed by atoms with Crippen molar-refractivity contribution in [2.75, 3.05) is 24.4 Å². The number of fused-ring (bicyclic) bond motifs is 3. The molecule has 3 aromatic rings. The maximum Gasteiger partial charge on any atom is 0.573 e. The van der Waals surface area contributed by atoms with Gasteiger partial charge in [0, 0.05) is 18.9 Å². The van der Waals surface area contributed by atoms with Crippen LogP contribution in [0.4, 0.5) is 24.5 Å². The Morgan fingerprint density at radius 3 is 2.69 bits per heavy atom. The molecule has 1 aliphatic rings. The second-order valence-corrected chi connectivity index (χ2v) is 7.74. The van der Waals surface area contributed by atoms with Crippen molar-refractivity contribution >= 4 is 45.7 Å². The first-order valence-electron chi connectivity index (χ1n) is 9.21. The lowest BCUT2D eigenvalue weighted by Crippen LogP contribution is -2.53. The van der Waals surface area contributed by atoms with Crippen molar-refractivity contribution in [1.29, 1.82) is 0 Å². The van der Waals surface area contributed by atoms with Crippen LogP contribution in [0.5, 0.6) is 5.75 Å². The number of pyridine rings is 1. The van der Waals surface area contributed by atoms with E-state index < -0.39 is 23.4 Å². The summed E-state index contributed by atoms with van der Waals surface area (Å²) in [6.07, 6.45) is -2.03. The zero-order chi connectivity index (χ0) is 23.3. The van der Waals surface area contributed by atoms with Gasteiger partial charge < -0.3 is 25.1 Å². The van der Waals surface area contributed by atoms with Gasteiger partial charge in [-0.25, -0.2) is 4.98 Å². The van der Waals surface area contributed by atoms with Crippen LogP contribution in [-0.4, -0.2) is 47.3 Å². The highest BCUT2D eigenvalue weighted by Gasteiger charge is 2.39. The first-order chi connectivity index (χ1) is 15.0. The number of benzene rings is 1. The number of methoxy groups -OCH3 is 1. The van der Waals surface area contributed by atoms with E-state index in [4.69, 9.17) is 16.3 Å². The Kier molecular flexibility index (Phi) is 5.25. The molecule has 3 N–H and O–H groups in total. The van der Waals surface area contributed by atoms with Crippen LogP contribution in [0.3, 0.4) is 0 Å². The largest absolute Gasteiger partial charge is 0.573 e. The van der Waals surface area contributed by atoms with E-state index >= 15 is 0 Å². The van der Waals surface area contributed by atoms with E-state index in [1.165, 1.54) is 19.5 Å². The molecule has 32 heavy (non-hydrogen) atoms. The van der Waals surface area contributed by atoms with Crippen molar-refractivity contribution < 1.29 is 32.2 Å². The highest BCUT2D eigenvalue weighted by Crippen LogP contribution is 2.39. The summed E-state index contributed by atoms with van der Waals surface area (Å²) >= 11 is 6.09. The molecule has 12 heteroatoms. The van der Waals surface area contributed by atoms with E-state index in [9.17, 15) is 22.8 Å². The quantitative estimate of drug-likeness (QED) is 0.487. The number of nitrogens with zero attached hydrogens (tertiary/aromatic N) is 1. The predicted molar refractivity (Wildman–Crippen MR) is 110 cm³/mol. The van der Waals surface area contributed by atoms with E-state index in [1.807, 2.05) is 0 Å². The lowest BCUT2D eigenvalue weighted by atomic mass is 9.96. The third-order valence-electron chi connectivity index (χ3n) is 4.95. The van der Waals surface area contributed by atoms with E-state index in [0.29, 0.717) is 22.4 Å². The topological polar surface area (TPSA) is 105 Å². The summed E-state index contributed by atoms with van der Waals surface area (Å²) in [5.74, 6) is -1.43. The minimum atomic E-state index is -4.89. The van der Waals surface area contributed by atoms with Crippen molar-refractivity contribution in [3.63, 3.8) is 0 Å². The number of alkyl halides is 3. The first-order valence-corrected chi connectivity index (χ1v) is 9.59.